The number of carbonyl (C=O) groups is 1. The van der Waals surface area contributed by atoms with Crippen LogP contribution in [0.2, 0.25) is 0 Å². The minimum Gasteiger partial charge on any atom is -0.389 e. The number of carbonyl (C=O) groups excluding carboxylic acids is 1. The molecule has 0 aromatic heterocycles. The Labute approximate surface area is 124 Å². The van der Waals surface area contributed by atoms with Crippen LogP contribution in [0.3, 0.4) is 0 Å². The molecule has 0 bridgehead atoms. The summed E-state index contributed by atoms with van der Waals surface area (Å²) < 4.78 is 0. The Hall–Kier alpha value is -2.20. The number of nitrogens with zero attached hydrogens (tertiary/aromatic N) is 1. The lowest BCUT2D eigenvalue weighted by Gasteiger charge is -2.21. The third-order valence-corrected chi connectivity index (χ3v) is 3.43. The Morgan fingerprint density at radius 1 is 1.05 bits per heavy atom. The fourth-order valence-corrected chi connectivity index (χ4v) is 2.25. The molecule has 0 unspecified atom stereocenters. The molecule has 0 saturated carbocycles. The smallest absolute Gasteiger partial charge is 0.258 e. The van der Waals surface area contributed by atoms with E-state index in [1.807, 2.05) is 55.5 Å². The minimum atomic E-state index is -0.0770. The van der Waals surface area contributed by atoms with Gasteiger partial charge in [-0.1, -0.05) is 42.5 Å². The highest BCUT2D eigenvalue weighted by atomic mass is 32.1. The fourth-order valence-electron chi connectivity index (χ4n) is 2.08. The SMILES string of the molecule is Cc1ccccc1C(=O)N(C)c1ccccc1C(N)=S. The predicted octanol–water partition coefficient (Wildman–Crippen LogP) is 2.91. The minimum absolute atomic E-state index is 0.0770. The first-order valence-corrected chi connectivity index (χ1v) is 6.65. The summed E-state index contributed by atoms with van der Waals surface area (Å²) in [5, 5.41) is 0. The van der Waals surface area contributed by atoms with Gasteiger partial charge < -0.3 is 10.6 Å². The van der Waals surface area contributed by atoms with Crippen LogP contribution in [0.5, 0.6) is 0 Å². The molecule has 4 heteroatoms. The number of rotatable bonds is 3. The van der Waals surface area contributed by atoms with E-state index in [-0.39, 0.29) is 10.9 Å². The van der Waals surface area contributed by atoms with Crippen molar-refractivity contribution in [2.24, 2.45) is 5.73 Å². The van der Waals surface area contributed by atoms with E-state index in [0.717, 1.165) is 5.56 Å². The van der Waals surface area contributed by atoms with Gasteiger partial charge in [0.2, 0.25) is 0 Å². The van der Waals surface area contributed by atoms with Gasteiger partial charge in [0.15, 0.2) is 0 Å². The van der Waals surface area contributed by atoms with Gasteiger partial charge in [-0.15, -0.1) is 0 Å². The van der Waals surface area contributed by atoms with Gasteiger partial charge in [0, 0.05) is 18.2 Å². The molecule has 2 aromatic rings. The molecule has 0 aliphatic carbocycles. The third-order valence-electron chi connectivity index (χ3n) is 3.21. The van der Waals surface area contributed by atoms with E-state index in [2.05, 4.69) is 0 Å². The van der Waals surface area contributed by atoms with Crippen molar-refractivity contribution >= 4 is 28.8 Å². The van der Waals surface area contributed by atoms with E-state index >= 15 is 0 Å². The van der Waals surface area contributed by atoms with E-state index in [9.17, 15) is 4.79 Å². The first-order valence-electron chi connectivity index (χ1n) is 6.25. The van der Waals surface area contributed by atoms with E-state index < -0.39 is 0 Å². The van der Waals surface area contributed by atoms with Crippen molar-refractivity contribution in [1.82, 2.24) is 0 Å². The van der Waals surface area contributed by atoms with Crippen LogP contribution < -0.4 is 10.6 Å². The maximum atomic E-state index is 12.6. The van der Waals surface area contributed by atoms with Crippen LogP contribution in [-0.4, -0.2) is 17.9 Å². The molecule has 2 N–H and O–H groups in total. The van der Waals surface area contributed by atoms with Gasteiger partial charge in [0.05, 0.1) is 5.69 Å². The zero-order chi connectivity index (χ0) is 14.7. The largest absolute Gasteiger partial charge is 0.389 e. The molecule has 0 aliphatic rings. The molecular formula is C16H16N2OS. The van der Waals surface area contributed by atoms with Gasteiger partial charge in [0.25, 0.3) is 5.91 Å². The summed E-state index contributed by atoms with van der Waals surface area (Å²) in [6, 6.07) is 14.9. The summed E-state index contributed by atoms with van der Waals surface area (Å²) >= 11 is 5.04. The number of anilines is 1. The second kappa shape index (κ2) is 5.84. The summed E-state index contributed by atoms with van der Waals surface area (Å²) in [5.74, 6) is -0.0770. The Balaban J connectivity index is 2.42. The molecule has 0 aliphatic heterocycles. The van der Waals surface area contributed by atoms with Crippen molar-refractivity contribution in [2.75, 3.05) is 11.9 Å². The van der Waals surface area contributed by atoms with E-state index in [4.69, 9.17) is 18.0 Å². The van der Waals surface area contributed by atoms with E-state index in [0.29, 0.717) is 16.8 Å². The van der Waals surface area contributed by atoms with Crippen LogP contribution in [-0.2, 0) is 0 Å². The Morgan fingerprint density at radius 2 is 1.60 bits per heavy atom. The molecule has 0 fully saturated rings. The zero-order valence-corrected chi connectivity index (χ0v) is 12.3. The molecule has 2 aromatic carbocycles. The molecule has 1 amide bonds. The van der Waals surface area contributed by atoms with Crippen molar-refractivity contribution in [2.45, 2.75) is 6.92 Å². The molecule has 3 nitrogen and oxygen atoms in total. The second-order valence-electron chi connectivity index (χ2n) is 4.56. The lowest BCUT2D eigenvalue weighted by molar-refractivity contribution is 0.0992. The standard InChI is InChI=1S/C16H16N2OS/c1-11-7-3-4-8-12(11)16(19)18(2)14-10-6-5-9-13(14)15(17)20/h3-10H,1-2H3,(H2,17,20). The molecule has 20 heavy (non-hydrogen) atoms. The van der Waals surface area contributed by atoms with Gasteiger partial charge >= 0.3 is 0 Å². The van der Waals surface area contributed by atoms with Gasteiger partial charge in [-0.25, -0.2) is 0 Å². The average Bonchev–Trinajstić information content (AvgIpc) is 2.46. The third kappa shape index (κ3) is 2.70. The maximum absolute atomic E-state index is 12.6. The first-order chi connectivity index (χ1) is 9.52. The van der Waals surface area contributed by atoms with Crippen LogP contribution in [0.15, 0.2) is 48.5 Å². The highest BCUT2D eigenvalue weighted by molar-refractivity contribution is 7.80. The topological polar surface area (TPSA) is 46.3 Å². The predicted molar refractivity (Wildman–Crippen MR) is 86.2 cm³/mol. The summed E-state index contributed by atoms with van der Waals surface area (Å²) in [7, 11) is 1.73. The molecule has 102 valence electrons. The Morgan fingerprint density at radius 3 is 2.20 bits per heavy atom. The van der Waals surface area contributed by atoms with Crippen LogP contribution in [0.1, 0.15) is 21.5 Å². The molecule has 0 atom stereocenters. The van der Waals surface area contributed by atoms with E-state index in [1.165, 1.54) is 0 Å². The monoisotopic (exact) mass is 284 g/mol. The van der Waals surface area contributed by atoms with Gasteiger partial charge in [-0.2, -0.15) is 0 Å². The normalized spacial score (nSPS) is 10.1. The summed E-state index contributed by atoms with van der Waals surface area (Å²) in [5.41, 5.74) is 8.75. The summed E-state index contributed by atoms with van der Waals surface area (Å²) in [6.07, 6.45) is 0. The molecule has 0 radical (unpaired) electrons. The van der Waals surface area contributed by atoms with Crippen LogP contribution in [0.25, 0.3) is 0 Å². The van der Waals surface area contributed by atoms with Crippen molar-refractivity contribution in [3.63, 3.8) is 0 Å². The van der Waals surface area contributed by atoms with Gasteiger partial charge in [0.1, 0.15) is 4.99 Å². The molecule has 0 saturated heterocycles. The van der Waals surface area contributed by atoms with Crippen molar-refractivity contribution < 1.29 is 4.79 Å². The highest BCUT2D eigenvalue weighted by Crippen LogP contribution is 2.22. The number of thiocarbonyl (C=S) groups is 1. The quantitative estimate of drug-likeness (QED) is 0.882. The van der Waals surface area contributed by atoms with Crippen LogP contribution in [0.4, 0.5) is 5.69 Å². The van der Waals surface area contributed by atoms with Crippen molar-refractivity contribution in [3.8, 4) is 0 Å². The number of hydrogen-bond donors (Lipinski definition) is 1. The summed E-state index contributed by atoms with van der Waals surface area (Å²) in [6.45, 7) is 1.92. The number of benzene rings is 2. The second-order valence-corrected chi connectivity index (χ2v) is 5.00. The summed E-state index contributed by atoms with van der Waals surface area (Å²) in [4.78, 5) is 14.4. The average molecular weight is 284 g/mol. The number of amides is 1. The van der Waals surface area contributed by atoms with Crippen molar-refractivity contribution in [3.05, 3.63) is 65.2 Å². The lowest BCUT2D eigenvalue weighted by atomic mass is 10.1. The maximum Gasteiger partial charge on any atom is 0.258 e. The molecular weight excluding hydrogens is 268 g/mol. The molecule has 2 rings (SSSR count). The number of nitrogens with two attached hydrogens (primary N) is 1. The van der Waals surface area contributed by atoms with Gasteiger partial charge in [-0.05, 0) is 30.7 Å². The number of aryl methyl sites for hydroxylation is 1. The van der Waals surface area contributed by atoms with Gasteiger partial charge in [-0.3, -0.25) is 4.79 Å². The number of hydrogen-bond acceptors (Lipinski definition) is 2. The highest BCUT2D eigenvalue weighted by Gasteiger charge is 2.18. The Bertz CT molecular complexity index is 667. The van der Waals surface area contributed by atoms with E-state index in [1.54, 1.807) is 11.9 Å². The molecule has 0 heterocycles. The fraction of sp³-hybridized carbons (Fsp3) is 0.125. The Kier molecular flexibility index (Phi) is 4.15. The first kappa shape index (κ1) is 14.2. The zero-order valence-electron chi connectivity index (χ0n) is 11.5. The molecule has 0 spiro atoms. The van der Waals surface area contributed by atoms with Crippen LogP contribution in [0, 0.1) is 6.92 Å². The van der Waals surface area contributed by atoms with Crippen LogP contribution >= 0.6 is 12.2 Å². The lowest BCUT2D eigenvalue weighted by Crippen LogP contribution is -2.29. The van der Waals surface area contributed by atoms with Crippen molar-refractivity contribution in [1.29, 1.82) is 0 Å². The number of para-hydroxylation sites is 1.